The molecule has 2 amide bonds. The summed E-state index contributed by atoms with van der Waals surface area (Å²) in [5, 5.41) is 10.6. The van der Waals surface area contributed by atoms with Crippen molar-refractivity contribution in [3.63, 3.8) is 0 Å². The zero-order valence-electron chi connectivity index (χ0n) is 15.6. The third-order valence-corrected chi connectivity index (χ3v) is 5.29. The first-order valence-corrected chi connectivity index (χ1v) is 9.89. The average molecular weight is 442 g/mol. The second-order valence-electron chi connectivity index (χ2n) is 7.01. The number of nitrogens with zero attached hydrogens (tertiary/aromatic N) is 3. The first-order chi connectivity index (χ1) is 13.4. The number of aromatic nitrogens is 3. The van der Waals surface area contributed by atoms with Gasteiger partial charge in [-0.15, -0.1) is 0 Å². The molecule has 7 nitrogen and oxygen atoms in total. The van der Waals surface area contributed by atoms with Crippen molar-refractivity contribution in [1.29, 1.82) is 0 Å². The molecule has 0 unspecified atom stereocenters. The first-order valence-electron chi connectivity index (χ1n) is 9.10. The highest BCUT2D eigenvalue weighted by Crippen LogP contribution is 2.40. The number of benzene rings is 1. The van der Waals surface area contributed by atoms with Crippen LogP contribution in [-0.2, 0) is 11.8 Å². The van der Waals surface area contributed by atoms with Crippen LogP contribution in [0.5, 0.6) is 0 Å². The standard InChI is InChI=1S/C20H20BrN5O2/c1-11-18-15(9-16(12-3-4-12)24-19(18)26(2)25-11)20(28)22-10-17(27)23-14-7-5-13(21)6-8-14/h5-9,12H,3-4,10H2,1-2H3,(H,22,28)(H,23,27). The van der Waals surface area contributed by atoms with Gasteiger partial charge in [0.25, 0.3) is 5.91 Å². The Bertz CT molecular complexity index is 1070. The molecule has 0 bridgehead atoms. The Kier molecular flexibility index (Phi) is 4.89. The minimum atomic E-state index is -0.295. The van der Waals surface area contributed by atoms with Gasteiger partial charge in [-0.25, -0.2) is 4.98 Å². The highest BCUT2D eigenvalue weighted by atomic mass is 79.9. The third-order valence-electron chi connectivity index (χ3n) is 4.77. The number of aryl methyl sites for hydroxylation is 2. The van der Waals surface area contributed by atoms with E-state index in [1.807, 2.05) is 32.2 Å². The van der Waals surface area contributed by atoms with Gasteiger partial charge in [0.15, 0.2) is 5.65 Å². The van der Waals surface area contributed by atoms with E-state index in [-0.39, 0.29) is 18.4 Å². The molecule has 0 aliphatic heterocycles. The fourth-order valence-corrected chi connectivity index (χ4v) is 3.49. The molecule has 1 saturated carbocycles. The molecular formula is C20H20BrN5O2. The summed E-state index contributed by atoms with van der Waals surface area (Å²) in [6.07, 6.45) is 2.18. The molecule has 28 heavy (non-hydrogen) atoms. The summed E-state index contributed by atoms with van der Waals surface area (Å²) >= 11 is 3.35. The average Bonchev–Trinajstić information content (AvgIpc) is 3.48. The molecule has 0 saturated heterocycles. The predicted octanol–water partition coefficient (Wildman–Crippen LogP) is 3.29. The van der Waals surface area contributed by atoms with Crippen molar-refractivity contribution in [3.05, 3.63) is 51.8 Å². The minimum absolute atomic E-state index is 0.114. The van der Waals surface area contributed by atoms with Crippen molar-refractivity contribution in [1.82, 2.24) is 20.1 Å². The maximum atomic E-state index is 12.9. The van der Waals surface area contributed by atoms with Crippen molar-refractivity contribution < 1.29 is 9.59 Å². The largest absolute Gasteiger partial charge is 0.343 e. The molecule has 1 aliphatic carbocycles. The molecule has 0 atom stereocenters. The van der Waals surface area contributed by atoms with Gasteiger partial charge in [0.05, 0.1) is 23.2 Å². The minimum Gasteiger partial charge on any atom is -0.343 e. The van der Waals surface area contributed by atoms with E-state index in [1.165, 1.54) is 0 Å². The van der Waals surface area contributed by atoms with Crippen LogP contribution in [0.1, 0.15) is 40.5 Å². The molecule has 2 N–H and O–H groups in total. The van der Waals surface area contributed by atoms with Gasteiger partial charge in [0, 0.05) is 28.8 Å². The summed E-state index contributed by atoms with van der Waals surface area (Å²) in [4.78, 5) is 29.7. The summed E-state index contributed by atoms with van der Waals surface area (Å²) in [6.45, 7) is 1.74. The Balaban J connectivity index is 1.52. The molecule has 3 aromatic rings. The number of fused-ring (bicyclic) bond motifs is 1. The van der Waals surface area contributed by atoms with Crippen molar-refractivity contribution >= 4 is 44.5 Å². The maximum Gasteiger partial charge on any atom is 0.252 e. The van der Waals surface area contributed by atoms with Crippen LogP contribution in [0.2, 0.25) is 0 Å². The van der Waals surface area contributed by atoms with E-state index >= 15 is 0 Å². The summed E-state index contributed by atoms with van der Waals surface area (Å²) < 4.78 is 2.63. The zero-order valence-corrected chi connectivity index (χ0v) is 17.2. The van der Waals surface area contributed by atoms with Crippen molar-refractivity contribution in [2.75, 3.05) is 11.9 Å². The van der Waals surface area contributed by atoms with Crippen LogP contribution < -0.4 is 10.6 Å². The van der Waals surface area contributed by atoms with E-state index in [4.69, 9.17) is 4.98 Å². The Morgan fingerprint density at radius 1 is 1.25 bits per heavy atom. The molecule has 2 heterocycles. The van der Waals surface area contributed by atoms with Crippen LogP contribution in [0.25, 0.3) is 11.0 Å². The van der Waals surface area contributed by atoms with Gasteiger partial charge in [-0.1, -0.05) is 15.9 Å². The highest BCUT2D eigenvalue weighted by Gasteiger charge is 2.28. The van der Waals surface area contributed by atoms with Crippen LogP contribution in [0, 0.1) is 6.92 Å². The highest BCUT2D eigenvalue weighted by molar-refractivity contribution is 9.10. The summed E-state index contributed by atoms with van der Waals surface area (Å²) in [5.74, 6) is -0.172. The lowest BCUT2D eigenvalue weighted by molar-refractivity contribution is -0.115. The molecule has 1 fully saturated rings. The van der Waals surface area contributed by atoms with E-state index in [0.29, 0.717) is 22.8 Å². The Morgan fingerprint density at radius 3 is 2.64 bits per heavy atom. The molecule has 8 heteroatoms. The third kappa shape index (κ3) is 3.77. The van der Waals surface area contributed by atoms with E-state index in [1.54, 1.807) is 16.8 Å². The van der Waals surface area contributed by atoms with Crippen molar-refractivity contribution in [2.24, 2.45) is 7.05 Å². The second kappa shape index (κ2) is 7.35. The number of pyridine rings is 1. The number of halogens is 1. The van der Waals surface area contributed by atoms with Gasteiger partial charge in [-0.2, -0.15) is 5.10 Å². The maximum absolute atomic E-state index is 12.9. The molecule has 144 valence electrons. The van der Waals surface area contributed by atoms with Crippen LogP contribution in [0.15, 0.2) is 34.8 Å². The molecule has 0 spiro atoms. The first kappa shape index (κ1) is 18.6. The Hall–Kier alpha value is -2.74. The fourth-order valence-electron chi connectivity index (χ4n) is 3.23. The zero-order chi connectivity index (χ0) is 19.8. The topological polar surface area (TPSA) is 88.9 Å². The number of hydrogen-bond donors (Lipinski definition) is 2. The van der Waals surface area contributed by atoms with Crippen molar-refractivity contribution in [3.8, 4) is 0 Å². The number of hydrogen-bond acceptors (Lipinski definition) is 4. The summed E-state index contributed by atoms with van der Waals surface area (Å²) in [5.41, 5.74) is 3.56. The van der Waals surface area contributed by atoms with Crippen LogP contribution in [0.4, 0.5) is 5.69 Å². The number of anilines is 1. The molecule has 2 aromatic heterocycles. The van der Waals surface area contributed by atoms with Gasteiger partial charge < -0.3 is 10.6 Å². The second-order valence-corrected chi connectivity index (χ2v) is 7.93. The normalized spacial score (nSPS) is 13.5. The number of carbonyl (C=O) groups is 2. The molecule has 4 rings (SSSR count). The van der Waals surface area contributed by atoms with E-state index in [9.17, 15) is 9.59 Å². The van der Waals surface area contributed by atoms with E-state index in [2.05, 4.69) is 31.7 Å². The number of carbonyl (C=O) groups excluding carboxylic acids is 2. The van der Waals surface area contributed by atoms with Gasteiger partial charge in [0.2, 0.25) is 5.91 Å². The monoisotopic (exact) mass is 441 g/mol. The number of nitrogens with one attached hydrogen (secondary N) is 2. The fraction of sp³-hybridized carbons (Fsp3) is 0.300. The van der Waals surface area contributed by atoms with Crippen LogP contribution in [-0.4, -0.2) is 33.1 Å². The lowest BCUT2D eigenvalue weighted by Crippen LogP contribution is -2.33. The van der Waals surface area contributed by atoms with Gasteiger partial charge >= 0.3 is 0 Å². The Labute approximate surface area is 170 Å². The Morgan fingerprint density at radius 2 is 1.96 bits per heavy atom. The van der Waals surface area contributed by atoms with Crippen LogP contribution in [0.3, 0.4) is 0 Å². The number of rotatable bonds is 5. The summed E-state index contributed by atoms with van der Waals surface area (Å²) in [7, 11) is 1.83. The predicted molar refractivity (Wildman–Crippen MR) is 110 cm³/mol. The lowest BCUT2D eigenvalue weighted by atomic mass is 10.1. The smallest absolute Gasteiger partial charge is 0.252 e. The number of amides is 2. The van der Waals surface area contributed by atoms with E-state index in [0.717, 1.165) is 34.1 Å². The molecule has 1 aliphatic rings. The van der Waals surface area contributed by atoms with Crippen LogP contribution >= 0.6 is 15.9 Å². The van der Waals surface area contributed by atoms with Gasteiger partial charge in [-0.3, -0.25) is 14.3 Å². The van der Waals surface area contributed by atoms with Gasteiger partial charge in [0.1, 0.15) is 0 Å². The summed E-state index contributed by atoms with van der Waals surface area (Å²) in [6, 6.07) is 9.10. The van der Waals surface area contributed by atoms with E-state index < -0.39 is 0 Å². The lowest BCUT2D eigenvalue weighted by Gasteiger charge is -2.09. The van der Waals surface area contributed by atoms with Crippen molar-refractivity contribution in [2.45, 2.75) is 25.7 Å². The molecule has 1 aromatic carbocycles. The quantitative estimate of drug-likeness (QED) is 0.635. The van der Waals surface area contributed by atoms with Gasteiger partial charge in [-0.05, 0) is 50.1 Å². The SMILES string of the molecule is Cc1nn(C)c2nc(C3CC3)cc(C(=O)NCC(=O)Nc3ccc(Br)cc3)c12. The molecular weight excluding hydrogens is 422 g/mol. The molecule has 0 radical (unpaired) electrons.